The van der Waals surface area contributed by atoms with Crippen LogP contribution in [0, 0.1) is 5.92 Å². The van der Waals surface area contributed by atoms with Gasteiger partial charge in [0.1, 0.15) is 19.3 Å². The highest BCUT2D eigenvalue weighted by atomic mass is 31.2. The number of ether oxygens (including phenoxy) is 4. The summed E-state index contributed by atoms with van der Waals surface area (Å²) in [6.45, 7) is 7.38. The van der Waals surface area contributed by atoms with Crippen molar-refractivity contribution in [1.29, 1.82) is 0 Å². The molecule has 0 aromatic heterocycles. The van der Waals surface area contributed by atoms with E-state index in [1.54, 1.807) is 0 Å². The van der Waals surface area contributed by atoms with E-state index in [4.69, 9.17) is 37.0 Å². The fraction of sp³-hybridized carbons (Fsp3) is 0.953. The Labute approximate surface area is 645 Å². The first-order valence-corrected chi connectivity index (χ1v) is 47.6. The monoisotopic (exact) mass is 1540 g/mol. The summed E-state index contributed by atoms with van der Waals surface area (Å²) in [5, 5.41) is 10.7. The lowest BCUT2D eigenvalue weighted by atomic mass is 10.0. The van der Waals surface area contributed by atoms with Crippen LogP contribution in [-0.4, -0.2) is 96.7 Å². The summed E-state index contributed by atoms with van der Waals surface area (Å²) in [4.78, 5) is 73.2. The number of aliphatic hydroxyl groups is 1. The summed E-state index contributed by atoms with van der Waals surface area (Å²) in [6, 6.07) is 0. The van der Waals surface area contributed by atoms with Crippen LogP contribution in [0.15, 0.2) is 0 Å². The summed E-state index contributed by atoms with van der Waals surface area (Å²) in [5.74, 6) is -1.31. The second-order valence-corrected chi connectivity index (χ2v) is 34.3. The maximum absolute atomic E-state index is 13.1. The molecule has 0 aliphatic heterocycles. The SMILES string of the molecule is CCCCCCCCCCCCCCCCCCCCCCC(=O)O[C@H](COC(=O)CCCCCCCCCCCCCCCCCCCC)COP(=O)(O)OC[C@@H](O)COP(=O)(O)OC[C@@H](COC(=O)CCCCCCCCCCCCC)OC(=O)CCCCCCCCCCCCCCCC(C)C. The molecule has 0 heterocycles. The number of phosphoric ester groups is 2. The highest BCUT2D eigenvalue weighted by Gasteiger charge is 2.30. The van der Waals surface area contributed by atoms with Crippen molar-refractivity contribution in [2.24, 2.45) is 5.92 Å². The smallest absolute Gasteiger partial charge is 0.462 e. The van der Waals surface area contributed by atoms with E-state index < -0.39 is 97.5 Å². The summed E-state index contributed by atoms with van der Waals surface area (Å²) < 4.78 is 68.9. The minimum atomic E-state index is -4.97. The first-order chi connectivity index (χ1) is 51.0. The number of aliphatic hydroxyl groups excluding tert-OH is 1. The Morgan fingerprint density at radius 3 is 0.648 bits per heavy atom. The molecule has 0 rings (SSSR count). The van der Waals surface area contributed by atoms with Crippen molar-refractivity contribution >= 4 is 39.5 Å². The van der Waals surface area contributed by atoms with Crippen molar-refractivity contribution in [3.8, 4) is 0 Å². The zero-order valence-corrected chi connectivity index (χ0v) is 70.7. The highest BCUT2D eigenvalue weighted by Crippen LogP contribution is 2.45. The molecule has 0 radical (unpaired) electrons. The molecule has 0 aliphatic rings. The zero-order chi connectivity index (χ0) is 76.9. The highest BCUT2D eigenvalue weighted by molar-refractivity contribution is 7.47. The van der Waals surface area contributed by atoms with Crippen LogP contribution >= 0.6 is 15.6 Å². The first kappa shape index (κ1) is 103. The molecule has 2 unspecified atom stereocenters. The van der Waals surface area contributed by atoms with E-state index in [-0.39, 0.29) is 25.7 Å². The molecule has 19 heteroatoms. The Balaban J connectivity index is 5.24. The van der Waals surface area contributed by atoms with Gasteiger partial charge in [-0.2, -0.15) is 0 Å². The molecule has 624 valence electrons. The summed E-state index contributed by atoms with van der Waals surface area (Å²) >= 11 is 0. The molecule has 0 spiro atoms. The zero-order valence-electron chi connectivity index (χ0n) is 68.9. The predicted molar refractivity (Wildman–Crippen MR) is 432 cm³/mol. The van der Waals surface area contributed by atoms with E-state index in [2.05, 4.69) is 34.6 Å². The van der Waals surface area contributed by atoms with E-state index >= 15 is 0 Å². The van der Waals surface area contributed by atoms with Crippen LogP contribution < -0.4 is 0 Å². The van der Waals surface area contributed by atoms with Gasteiger partial charge in [0.05, 0.1) is 26.4 Å². The molecule has 3 N–H and O–H groups in total. The maximum Gasteiger partial charge on any atom is 0.472 e. The van der Waals surface area contributed by atoms with Crippen molar-refractivity contribution in [1.82, 2.24) is 0 Å². The van der Waals surface area contributed by atoms with Crippen LogP contribution in [0.25, 0.3) is 0 Å². The number of carbonyl (C=O) groups excluding carboxylic acids is 4. The van der Waals surface area contributed by atoms with Crippen molar-refractivity contribution in [2.75, 3.05) is 39.6 Å². The molecular weight excluding hydrogens is 1370 g/mol. The molecule has 0 saturated heterocycles. The average molecular weight is 1540 g/mol. The van der Waals surface area contributed by atoms with Gasteiger partial charge in [0.15, 0.2) is 12.2 Å². The van der Waals surface area contributed by atoms with Gasteiger partial charge in [-0.05, 0) is 31.6 Å². The van der Waals surface area contributed by atoms with E-state index in [1.807, 2.05) is 0 Å². The molecule has 0 saturated carbocycles. The molecule has 0 fully saturated rings. The second kappa shape index (κ2) is 78.7. The largest absolute Gasteiger partial charge is 0.472 e. The Hall–Kier alpha value is -1.94. The van der Waals surface area contributed by atoms with Gasteiger partial charge < -0.3 is 33.8 Å². The Morgan fingerprint density at radius 2 is 0.438 bits per heavy atom. The molecule has 0 aliphatic carbocycles. The third-order valence-corrected chi connectivity index (χ3v) is 22.2. The van der Waals surface area contributed by atoms with E-state index in [0.717, 1.165) is 95.8 Å². The topological polar surface area (TPSA) is 237 Å². The van der Waals surface area contributed by atoms with Gasteiger partial charge >= 0.3 is 39.5 Å². The molecule has 0 amide bonds. The number of hydrogen-bond donors (Lipinski definition) is 3. The van der Waals surface area contributed by atoms with Crippen molar-refractivity contribution in [2.45, 2.75) is 483 Å². The Bertz CT molecular complexity index is 2000. The van der Waals surface area contributed by atoms with Crippen LogP contribution in [0.5, 0.6) is 0 Å². The molecule has 0 aromatic rings. The van der Waals surface area contributed by atoms with Gasteiger partial charge in [-0.15, -0.1) is 0 Å². The lowest BCUT2D eigenvalue weighted by Crippen LogP contribution is -2.30. The molecule has 5 atom stereocenters. The summed E-state index contributed by atoms with van der Waals surface area (Å²) in [7, 11) is -9.93. The standard InChI is InChI=1S/C86H168O17P2/c1-6-9-12-15-18-21-24-26-28-30-32-33-35-37-41-46-51-56-61-66-71-85(90)103-82(76-97-84(89)70-65-60-55-50-45-40-36-34-31-29-27-25-22-19-16-13-10-7-2)78-101-105(94,95)99-74-80(87)73-98-104(92,93)100-77-81(75-96-83(88)69-64-59-54-49-43-23-20-17-14-11-8-3)102-86(91)72-67-62-57-52-47-42-38-39-44-48-53-58-63-68-79(4)5/h79-82,87H,6-78H2,1-5H3,(H,92,93)(H,94,95)/t80-,81+,82+/m0/s1. The van der Waals surface area contributed by atoms with Crippen molar-refractivity contribution < 1.29 is 80.2 Å². The normalized spacial score (nSPS) is 13.8. The first-order valence-electron chi connectivity index (χ1n) is 44.6. The third kappa shape index (κ3) is 79.9. The molecule has 105 heavy (non-hydrogen) atoms. The van der Waals surface area contributed by atoms with Crippen LogP contribution in [0.3, 0.4) is 0 Å². The van der Waals surface area contributed by atoms with Crippen molar-refractivity contribution in [3.05, 3.63) is 0 Å². The fourth-order valence-corrected chi connectivity index (χ4v) is 15.1. The quantitative estimate of drug-likeness (QED) is 0.0222. The van der Waals surface area contributed by atoms with Crippen LogP contribution in [-0.2, 0) is 65.4 Å². The molecule has 17 nitrogen and oxygen atoms in total. The Kier molecular flexibility index (Phi) is 77.3. The number of phosphoric acid groups is 2. The minimum Gasteiger partial charge on any atom is -0.462 e. The Morgan fingerprint density at radius 1 is 0.257 bits per heavy atom. The minimum absolute atomic E-state index is 0.108. The van der Waals surface area contributed by atoms with Gasteiger partial charge in [-0.1, -0.05) is 413 Å². The number of hydrogen-bond acceptors (Lipinski definition) is 15. The number of carbonyl (C=O) groups is 4. The average Bonchev–Trinajstić information content (AvgIpc) is 0.917. The maximum atomic E-state index is 13.1. The van der Waals surface area contributed by atoms with Gasteiger partial charge in [-0.3, -0.25) is 37.3 Å². The predicted octanol–water partition coefficient (Wildman–Crippen LogP) is 26.4. The molecule has 0 aromatic carbocycles. The van der Waals surface area contributed by atoms with Crippen LogP contribution in [0.2, 0.25) is 0 Å². The number of unbranched alkanes of at least 4 members (excludes halogenated alkanes) is 58. The van der Waals surface area contributed by atoms with E-state index in [0.29, 0.717) is 25.7 Å². The van der Waals surface area contributed by atoms with E-state index in [9.17, 15) is 43.2 Å². The number of esters is 4. The lowest BCUT2D eigenvalue weighted by Gasteiger charge is -2.21. The van der Waals surface area contributed by atoms with Crippen molar-refractivity contribution in [3.63, 3.8) is 0 Å². The van der Waals surface area contributed by atoms with Gasteiger partial charge in [0.25, 0.3) is 0 Å². The second-order valence-electron chi connectivity index (χ2n) is 31.4. The summed E-state index contributed by atoms with van der Waals surface area (Å²) in [6.07, 6.45) is 72.2. The fourth-order valence-electron chi connectivity index (χ4n) is 13.5. The van der Waals surface area contributed by atoms with Crippen LogP contribution in [0.1, 0.15) is 465 Å². The van der Waals surface area contributed by atoms with Gasteiger partial charge in [-0.25, -0.2) is 9.13 Å². The van der Waals surface area contributed by atoms with Gasteiger partial charge in [0.2, 0.25) is 0 Å². The summed E-state index contributed by atoms with van der Waals surface area (Å²) in [5.41, 5.74) is 0. The third-order valence-electron chi connectivity index (χ3n) is 20.3. The molecule has 0 bridgehead atoms. The number of rotatable bonds is 86. The molecular formula is C86H168O17P2. The van der Waals surface area contributed by atoms with Crippen LogP contribution in [0.4, 0.5) is 0 Å². The van der Waals surface area contributed by atoms with Gasteiger partial charge in [0, 0.05) is 25.7 Å². The van der Waals surface area contributed by atoms with E-state index in [1.165, 1.54) is 289 Å². The lowest BCUT2D eigenvalue weighted by molar-refractivity contribution is -0.161.